The SMILES string of the molecule is CC(C)NCCOc1nc(C(F)(F)F)ns1. The molecule has 0 amide bonds. The molecule has 0 saturated carbocycles. The number of aromatic nitrogens is 2. The van der Waals surface area contributed by atoms with Gasteiger partial charge in [-0.2, -0.15) is 22.5 Å². The molecule has 0 spiro atoms. The molecule has 0 bridgehead atoms. The summed E-state index contributed by atoms with van der Waals surface area (Å²) in [7, 11) is 0. The van der Waals surface area contributed by atoms with Crippen molar-refractivity contribution in [3.05, 3.63) is 5.82 Å². The van der Waals surface area contributed by atoms with Crippen molar-refractivity contribution in [1.82, 2.24) is 14.7 Å². The molecule has 0 aliphatic heterocycles. The second kappa shape index (κ2) is 5.44. The lowest BCUT2D eigenvalue weighted by Gasteiger charge is -2.07. The normalized spacial score (nSPS) is 12.1. The van der Waals surface area contributed by atoms with Gasteiger partial charge in [0.1, 0.15) is 6.61 Å². The Kier molecular flexibility index (Phi) is 4.48. The molecule has 0 fully saturated rings. The van der Waals surface area contributed by atoms with Crippen LogP contribution in [0.2, 0.25) is 0 Å². The van der Waals surface area contributed by atoms with Gasteiger partial charge in [0.25, 0.3) is 11.0 Å². The minimum atomic E-state index is -4.51. The molecular formula is C8H12F3N3OS. The summed E-state index contributed by atoms with van der Waals surface area (Å²) in [6.45, 7) is 4.75. The lowest BCUT2D eigenvalue weighted by Crippen LogP contribution is -2.27. The van der Waals surface area contributed by atoms with Crippen LogP contribution < -0.4 is 10.1 Å². The maximum atomic E-state index is 12.1. The molecule has 0 aliphatic rings. The van der Waals surface area contributed by atoms with Crippen LogP contribution in [-0.4, -0.2) is 28.6 Å². The molecule has 0 unspecified atom stereocenters. The smallest absolute Gasteiger partial charge is 0.452 e. The summed E-state index contributed by atoms with van der Waals surface area (Å²) in [4.78, 5) is 3.23. The number of ether oxygens (including phenoxy) is 1. The van der Waals surface area contributed by atoms with Gasteiger partial charge in [0.2, 0.25) is 0 Å². The third kappa shape index (κ3) is 4.31. The van der Waals surface area contributed by atoms with Crippen LogP contribution in [0.1, 0.15) is 19.7 Å². The first kappa shape index (κ1) is 13.2. The summed E-state index contributed by atoms with van der Waals surface area (Å²) in [5.74, 6) is -1.15. The highest BCUT2D eigenvalue weighted by Gasteiger charge is 2.36. The molecule has 8 heteroatoms. The van der Waals surface area contributed by atoms with Crippen LogP contribution >= 0.6 is 11.5 Å². The van der Waals surface area contributed by atoms with E-state index in [-0.39, 0.29) is 11.8 Å². The summed E-state index contributed by atoms with van der Waals surface area (Å²) in [6.07, 6.45) is -4.51. The second-order valence-electron chi connectivity index (χ2n) is 3.34. The van der Waals surface area contributed by atoms with Crippen molar-refractivity contribution in [3.8, 4) is 5.19 Å². The zero-order valence-corrected chi connectivity index (χ0v) is 9.65. The minimum absolute atomic E-state index is 0.0575. The Labute approximate surface area is 95.0 Å². The Hall–Kier alpha value is -0.890. The molecule has 0 atom stereocenters. The molecule has 1 N–H and O–H groups in total. The molecule has 1 heterocycles. The van der Waals surface area contributed by atoms with Gasteiger partial charge < -0.3 is 10.1 Å². The van der Waals surface area contributed by atoms with Crippen LogP contribution in [0.5, 0.6) is 5.19 Å². The molecule has 16 heavy (non-hydrogen) atoms. The Balaban J connectivity index is 2.36. The fraction of sp³-hybridized carbons (Fsp3) is 0.750. The van der Waals surface area contributed by atoms with Crippen LogP contribution in [0, 0.1) is 0 Å². The molecule has 0 saturated heterocycles. The molecule has 1 rings (SSSR count). The highest BCUT2D eigenvalue weighted by atomic mass is 32.1. The van der Waals surface area contributed by atoms with Gasteiger partial charge in [-0.05, 0) is 0 Å². The summed E-state index contributed by atoms with van der Waals surface area (Å²) < 4.78 is 44.5. The fourth-order valence-corrected chi connectivity index (χ4v) is 1.44. The number of nitrogens with zero attached hydrogens (tertiary/aromatic N) is 2. The van der Waals surface area contributed by atoms with Crippen molar-refractivity contribution in [2.24, 2.45) is 0 Å². The standard InChI is InChI=1S/C8H12F3N3OS/c1-5(2)12-3-4-15-7-13-6(14-16-7)8(9,10)11/h5,12H,3-4H2,1-2H3. The Morgan fingerprint density at radius 1 is 1.44 bits per heavy atom. The molecule has 92 valence electrons. The maximum Gasteiger partial charge on any atom is 0.452 e. The van der Waals surface area contributed by atoms with E-state index in [4.69, 9.17) is 4.74 Å². The highest BCUT2D eigenvalue weighted by Crippen LogP contribution is 2.29. The third-order valence-corrected chi connectivity index (χ3v) is 2.17. The zero-order valence-electron chi connectivity index (χ0n) is 8.84. The van der Waals surface area contributed by atoms with Crippen molar-refractivity contribution in [2.75, 3.05) is 13.2 Å². The van der Waals surface area contributed by atoms with Crippen molar-refractivity contribution < 1.29 is 17.9 Å². The number of hydrogen-bond donors (Lipinski definition) is 1. The number of alkyl halides is 3. The maximum absolute atomic E-state index is 12.1. The van der Waals surface area contributed by atoms with Crippen LogP contribution in [0.4, 0.5) is 13.2 Å². The van der Waals surface area contributed by atoms with Crippen molar-refractivity contribution in [2.45, 2.75) is 26.1 Å². The summed E-state index contributed by atoms with van der Waals surface area (Å²) in [5.41, 5.74) is 0. The van der Waals surface area contributed by atoms with Gasteiger partial charge in [0.05, 0.1) is 0 Å². The fourth-order valence-electron chi connectivity index (χ4n) is 0.869. The average Bonchev–Trinajstić information content (AvgIpc) is 2.59. The average molecular weight is 255 g/mol. The lowest BCUT2D eigenvalue weighted by molar-refractivity contribution is -0.144. The number of nitrogens with one attached hydrogen (secondary N) is 1. The van der Waals surface area contributed by atoms with Crippen LogP contribution in [-0.2, 0) is 6.18 Å². The predicted molar refractivity (Wildman–Crippen MR) is 53.5 cm³/mol. The van der Waals surface area contributed by atoms with Gasteiger partial charge in [0.15, 0.2) is 0 Å². The van der Waals surface area contributed by atoms with Crippen LogP contribution in [0.25, 0.3) is 0 Å². The van der Waals surface area contributed by atoms with Gasteiger partial charge in [-0.15, -0.1) is 0 Å². The molecule has 1 aromatic rings. The van der Waals surface area contributed by atoms with E-state index in [0.29, 0.717) is 24.1 Å². The van der Waals surface area contributed by atoms with E-state index in [1.165, 1.54) is 0 Å². The lowest BCUT2D eigenvalue weighted by atomic mass is 10.4. The van der Waals surface area contributed by atoms with Gasteiger partial charge in [-0.1, -0.05) is 13.8 Å². The highest BCUT2D eigenvalue weighted by molar-refractivity contribution is 7.07. The minimum Gasteiger partial charge on any atom is -0.468 e. The molecule has 0 aromatic carbocycles. The molecule has 0 radical (unpaired) electrons. The van der Waals surface area contributed by atoms with Gasteiger partial charge in [0, 0.05) is 24.1 Å². The Morgan fingerprint density at radius 2 is 2.12 bits per heavy atom. The van der Waals surface area contributed by atoms with Gasteiger partial charge in [-0.3, -0.25) is 0 Å². The van der Waals surface area contributed by atoms with Crippen LogP contribution in [0.15, 0.2) is 0 Å². The molecular weight excluding hydrogens is 243 g/mol. The van der Waals surface area contributed by atoms with E-state index < -0.39 is 12.0 Å². The zero-order chi connectivity index (χ0) is 12.2. The summed E-state index contributed by atoms with van der Waals surface area (Å²) in [5, 5.41) is 3.00. The summed E-state index contributed by atoms with van der Waals surface area (Å²) in [6, 6.07) is 0.309. The largest absolute Gasteiger partial charge is 0.468 e. The molecule has 4 nitrogen and oxygen atoms in total. The van der Waals surface area contributed by atoms with E-state index in [1.807, 2.05) is 13.8 Å². The van der Waals surface area contributed by atoms with E-state index in [2.05, 4.69) is 14.7 Å². The van der Waals surface area contributed by atoms with E-state index in [0.717, 1.165) is 0 Å². The number of hydrogen-bond acceptors (Lipinski definition) is 5. The van der Waals surface area contributed by atoms with Crippen molar-refractivity contribution in [3.63, 3.8) is 0 Å². The monoisotopic (exact) mass is 255 g/mol. The quantitative estimate of drug-likeness (QED) is 0.817. The van der Waals surface area contributed by atoms with Gasteiger partial charge in [-0.25, -0.2) is 0 Å². The van der Waals surface area contributed by atoms with E-state index >= 15 is 0 Å². The first-order valence-corrected chi connectivity index (χ1v) is 5.44. The predicted octanol–water partition coefficient (Wildman–Crippen LogP) is 1.93. The topological polar surface area (TPSA) is 47.0 Å². The number of rotatable bonds is 5. The summed E-state index contributed by atoms with van der Waals surface area (Å²) >= 11 is 0.604. The van der Waals surface area contributed by atoms with Gasteiger partial charge >= 0.3 is 6.18 Å². The van der Waals surface area contributed by atoms with E-state index in [1.54, 1.807) is 0 Å². The number of halogens is 3. The van der Waals surface area contributed by atoms with E-state index in [9.17, 15) is 13.2 Å². The molecule has 0 aliphatic carbocycles. The first-order valence-electron chi connectivity index (χ1n) is 4.66. The third-order valence-electron chi connectivity index (χ3n) is 1.54. The molecule has 1 aromatic heterocycles. The second-order valence-corrected chi connectivity index (χ2v) is 4.05. The van der Waals surface area contributed by atoms with Crippen molar-refractivity contribution >= 4 is 11.5 Å². The Bertz CT molecular complexity index is 327. The van der Waals surface area contributed by atoms with Crippen LogP contribution in [0.3, 0.4) is 0 Å². The first-order chi connectivity index (χ1) is 7.39. The Morgan fingerprint density at radius 3 is 2.62 bits per heavy atom. The van der Waals surface area contributed by atoms with Crippen molar-refractivity contribution in [1.29, 1.82) is 0 Å².